The van der Waals surface area contributed by atoms with E-state index in [9.17, 15) is 9.90 Å². The molecule has 0 unspecified atom stereocenters. The van der Waals surface area contributed by atoms with Crippen molar-refractivity contribution < 1.29 is 9.90 Å². The van der Waals surface area contributed by atoms with Gasteiger partial charge >= 0.3 is 0 Å². The summed E-state index contributed by atoms with van der Waals surface area (Å²) in [5.74, 6) is 0.356. The van der Waals surface area contributed by atoms with Gasteiger partial charge in [-0.2, -0.15) is 0 Å². The molecule has 0 spiro atoms. The standard InChI is InChI=1S/C19H27NO2/c1-20(13-12-19(22)10-4-5-11-19)18(21)17-9-8-15-6-2-3-7-16(15)14-17/h2-3,6-7,17,22H,4-5,8-14H2,1H3/t17-/m1/s1. The zero-order chi connectivity index (χ0) is 15.6. The minimum atomic E-state index is -0.520. The lowest BCUT2D eigenvalue weighted by Gasteiger charge is -2.30. The first-order chi connectivity index (χ1) is 10.6. The third-order valence-corrected chi connectivity index (χ3v) is 5.52. The molecule has 1 aromatic rings. The van der Waals surface area contributed by atoms with E-state index >= 15 is 0 Å². The van der Waals surface area contributed by atoms with Crippen molar-refractivity contribution in [2.75, 3.05) is 13.6 Å². The largest absolute Gasteiger partial charge is 0.390 e. The van der Waals surface area contributed by atoms with Crippen molar-refractivity contribution in [3.63, 3.8) is 0 Å². The van der Waals surface area contributed by atoms with Gasteiger partial charge in [0.25, 0.3) is 0 Å². The van der Waals surface area contributed by atoms with Gasteiger partial charge in [0.15, 0.2) is 0 Å². The van der Waals surface area contributed by atoms with Crippen LogP contribution in [0.25, 0.3) is 0 Å². The third-order valence-electron chi connectivity index (χ3n) is 5.52. The number of benzene rings is 1. The van der Waals surface area contributed by atoms with Gasteiger partial charge in [-0.3, -0.25) is 4.79 Å². The topological polar surface area (TPSA) is 40.5 Å². The highest BCUT2D eigenvalue weighted by Gasteiger charge is 2.32. The molecule has 3 rings (SSSR count). The fraction of sp³-hybridized carbons (Fsp3) is 0.632. The summed E-state index contributed by atoms with van der Waals surface area (Å²) in [6.45, 7) is 0.674. The number of fused-ring (bicyclic) bond motifs is 1. The van der Waals surface area contributed by atoms with Gasteiger partial charge in [-0.15, -0.1) is 0 Å². The lowest BCUT2D eigenvalue weighted by molar-refractivity contribution is -0.135. The Morgan fingerprint density at radius 3 is 2.68 bits per heavy atom. The van der Waals surface area contributed by atoms with E-state index < -0.39 is 5.60 Å². The maximum Gasteiger partial charge on any atom is 0.225 e. The van der Waals surface area contributed by atoms with Crippen molar-refractivity contribution in [2.24, 2.45) is 5.92 Å². The second kappa shape index (κ2) is 6.41. The van der Waals surface area contributed by atoms with Crippen molar-refractivity contribution in [2.45, 2.75) is 57.0 Å². The van der Waals surface area contributed by atoms with Crippen LogP contribution < -0.4 is 0 Å². The molecule has 1 fully saturated rings. The molecule has 2 aliphatic carbocycles. The Hall–Kier alpha value is -1.35. The number of aryl methyl sites for hydroxylation is 1. The Labute approximate surface area is 133 Å². The Morgan fingerprint density at radius 1 is 1.27 bits per heavy atom. The first-order valence-corrected chi connectivity index (χ1v) is 8.62. The summed E-state index contributed by atoms with van der Waals surface area (Å²) >= 11 is 0. The smallest absolute Gasteiger partial charge is 0.225 e. The van der Waals surface area contributed by atoms with Crippen LogP contribution in [0.2, 0.25) is 0 Å². The molecule has 120 valence electrons. The van der Waals surface area contributed by atoms with E-state index in [1.807, 2.05) is 11.9 Å². The van der Waals surface area contributed by atoms with E-state index in [0.717, 1.165) is 51.4 Å². The number of rotatable bonds is 4. The summed E-state index contributed by atoms with van der Waals surface area (Å²) in [6.07, 6.45) is 7.57. The highest BCUT2D eigenvalue weighted by Crippen LogP contribution is 2.33. The zero-order valence-corrected chi connectivity index (χ0v) is 13.6. The lowest BCUT2D eigenvalue weighted by atomic mass is 9.83. The van der Waals surface area contributed by atoms with Gasteiger partial charge in [0, 0.05) is 19.5 Å². The molecule has 1 aromatic carbocycles. The van der Waals surface area contributed by atoms with Gasteiger partial charge in [0.1, 0.15) is 0 Å². The number of carbonyl (C=O) groups is 1. The average Bonchev–Trinajstić information content (AvgIpc) is 2.98. The molecule has 2 aliphatic rings. The quantitative estimate of drug-likeness (QED) is 0.929. The van der Waals surface area contributed by atoms with Crippen molar-refractivity contribution in [1.29, 1.82) is 0 Å². The molecule has 0 aliphatic heterocycles. The predicted molar refractivity (Wildman–Crippen MR) is 87.6 cm³/mol. The molecule has 0 saturated heterocycles. The van der Waals surface area contributed by atoms with Crippen molar-refractivity contribution in [3.05, 3.63) is 35.4 Å². The molecule has 22 heavy (non-hydrogen) atoms. The van der Waals surface area contributed by atoms with Crippen LogP contribution in [0.1, 0.15) is 49.7 Å². The molecule has 0 radical (unpaired) electrons. The summed E-state index contributed by atoms with van der Waals surface area (Å²) in [5, 5.41) is 10.4. The van der Waals surface area contributed by atoms with Gasteiger partial charge in [-0.25, -0.2) is 0 Å². The van der Waals surface area contributed by atoms with Gasteiger partial charge in [0.2, 0.25) is 5.91 Å². The second-order valence-electron chi connectivity index (χ2n) is 7.15. The number of nitrogens with zero attached hydrogens (tertiary/aromatic N) is 1. The summed E-state index contributed by atoms with van der Waals surface area (Å²) in [7, 11) is 1.89. The lowest BCUT2D eigenvalue weighted by Crippen LogP contribution is -2.39. The van der Waals surface area contributed by atoms with E-state index in [2.05, 4.69) is 24.3 Å². The van der Waals surface area contributed by atoms with Crippen LogP contribution in [0.5, 0.6) is 0 Å². The van der Waals surface area contributed by atoms with E-state index in [-0.39, 0.29) is 11.8 Å². The molecule has 1 N–H and O–H groups in total. The first kappa shape index (κ1) is 15.5. The van der Waals surface area contributed by atoms with Gasteiger partial charge in [0.05, 0.1) is 5.60 Å². The zero-order valence-electron chi connectivity index (χ0n) is 13.6. The molecule has 0 heterocycles. The minimum absolute atomic E-state index is 0.109. The monoisotopic (exact) mass is 301 g/mol. The molecule has 0 bridgehead atoms. The summed E-state index contributed by atoms with van der Waals surface area (Å²) in [6, 6.07) is 8.46. The van der Waals surface area contributed by atoms with Gasteiger partial charge in [-0.1, -0.05) is 37.1 Å². The van der Waals surface area contributed by atoms with Crippen LogP contribution in [-0.4, -0.2) is 35.1 Å². The van der Waals surface area contributed by atoms with Crippen molar-refractivity contribution in [3.8, 4) is 0 Å². The SMILES string of the molecule is CN(CCC1(O)CCCC1)C(=O)[C@@H]1CCc2ccccc2C1. The van der Waals surface area contributed by atoms with Crippen molar-refractivity contribution >= 4 is 5.91 Å². The van der Waals surface area contributed by atoms with Gasteiger partial charge < -0.3 is 10.0 Å². The number of hydrogen-bond donors (Lipinski definition) is 1. The minimum Gasteiger partial charge on any atom is -0.390 e. The molecular formula is C19H27NO2. The second-order valence-corrected chi connectivity index (χ2v) is 7.15. The Morgan fingerprint density at radius 2 is 1.95 bits per heavy atom. The number of aliphatic hydroxyl groups is 1. The van der Waals surface area contributed by atoms with Gasteiger partial charge in [-0.05, 0) is 49.7 Å². The summed E-state index contributed by atoms with van der Waals surface area (Å²) in [4.78, 5) is 14.5. The molecule has 1 saturated carbocycles. The number of carbonyl (C=O) groups excluding carboxylic acids is 1. The van der Waals surface area contributed by atoms with Crippen molar-refractivity contribution in [1.82, 2.24) is 4.90 Å². The normalized spacial score (nSPS) is 23.1. The maximum absolute atomic E-state index is 12.7. The van der Waals surface area contributed by atoms with Crippen LogP contribution in [0.15, 0.2) is 24.3 Å². The highest BCUT2D eigenvalue weighted by atomic mass is 16.3. The summed E-state index contributed by atoms with van der Waals surface area (Å²) in [5.41, 5.74) is 2.21. The number of hydrogen-bond acceptors (Lipinski definition) is 2. The highest BCUT2D eigenvalue weighted by molar-refractivity contribution is 5.79. The third kappa shape index (κ3) is 3.35. The average molecular weight is 301 g/mol. The van der Waals surface area contributed by atoms with E-state index in [4.69, 9.17) is 0 Å². The first-order valence-electron chi connectivity index (χ1n) is 8.62. The molecule has 0 aromatic heterocycles. The van der Waals surface area contributed by atoms with Crippen LogP contribution in [0.3, 0.4) is 0 Å². The molecule has 3 heteroatoms. The fourth-order valence-electron chi connectivity index (χ4n) is 3.99. The van der Waals surface area contributed by atoms with Crippen LogP contribution in [0.4, 0.5) is 0 Å². The maximum atomic E-state index is 12.7. The van der Waals surface area contributed by atoms with E-state index in [1.165, 1.54) is 11.1 Å². The molecule has 1 amide bonds. The molecule has 3 nitrogen and oxygen atoms in total. The van der Waals surface area contributed by atoms with Crippen LogP contribution in [-0.2, 0) is 17.6 Å². The Kier molecular flexibility index (Phi) is 4.53. The van der Waals surface area contributed by atoms with E-state index in [0.29, 0.717) is 6.54 Å². The Bertz CT molecular complexity index is 534. The summed E-state index contributed by atoms with van der Waals surface area (Å²) < 4.78 is 0. The Balaban J connectivity index is 1.55. The molecular weight excluding hydrogens is 274 g/mol. The molecule has 1 atom stereocenters. The van der Waals surface area contributed by atoms with Crippen LogP contribution in [0, 0.1) is 5.92 Å². The van der Waals surface area contributed by atoms with Crippen LogP contribution >= 0.6 is 0 Å². The predicted octanol–water partition coefficient (Wildman–Crippen LogP) is 2.95. The fourth-order valence-corrected chi connectivity index (χ4v) is 3.99. The number of amides is 1. The van der Waals surface area contributed by atoms with E-state index in [1.54, 1.807) is 0 Å².